The maximum atomic E-state index is 12.4. The molecule has 5 nitrogen and oxygen atoms in total. The third kappa shape index (κ3) is 3.47. The fourth-order valence-electron chi connectivity index (χ4n) is 2.75. The standard InChI is InChI=1S/C14H25N3O2/c1-2-4-10(9-15)14(19)17-8-3-5-12(17)13(18)16-11-6-7-11/h10-12H,2-9,15H2,1H3,(H,16,18). The predicted octanol–water partition coefficient (Wildman–Crippen LogP) is 0.631. The molecule has 2 fully saturated rings. The van der Waals surface area contributed by atoms with E-state index < -0.39 is 0 Å². The zero-order valence-corrected chi connectivity index (χ0v) is 11.7. The lowest BCUT2D eigenvalue weighted by Crippen LogP contribution is -2.49. The van der Waals surface area contributed by atoms with Crippen LogP contribution in [0.5, 0.6) is 0 Å². The second kappa shape index (κ2) is 6.37. The summed E-state index contributed by atoms with van der Waals surface area (Å²) in [4.78, 5) is 26.3. The minimum atomic E-state index is -0.265. The minimum absolute atomic E-state index is 0.0284. The summed E-state index contributed by atoms with van der Waals surface area (Å²) in [5.74, 6) is -0.0299. The van der Waals surface area contributed by atoms with E-state index in [4.69, 9.17) is 5.73 Å². The van der Waals surface area contributed by atoms with Crippen LogP contribution in [0, 0.1) is 5.92 Å². The maximum Gasteiger partial charge on any atom is 0.243 e. The van der Waals surface area contributed by atoms with Gasteiger partial charge >= 0.3 is 0 Å². The van der Waals surface area contributed by atoms with Crippen molar-refractivity contribution in [2.75, 3.05) is 13.1 Å². The molecule has 0 radical (unpaired) electrons. The molecule has 1 saturated carbocycles. The third-order valence-corrected chi connectivity index (χ3v) is 4.03. The van der Waals surface area contributed by atoms with Gasteiger partial charge in [-0.05, 0) is 32.1 Å². The molecule has 0 aromatic carbocycles. The van der Waals surface area contributed by atoms with Gasteiger partial charge in [-0.3, -0.25) is 9.59 Å². The highest BCUT2D eigenvalue weighted by Gasteiger charge is 2.38. The first-order valence-electron chi connectivity index (χ1n) is 7.48. The minimum Gasteiger partial charge on any atom is -0.352 e. The molecule has 2 aliphatic rings. The van der Waals surface area contributed by atoms with Gasteiger partial charge in [-0.1, -0.05) is 13.3 Å². The molecule has 0 aromatic heterocycles. The number of nitrogens with one attached hydrogen (secondary N) is 1. The number of likely N-dealkylation sites (tertiary alicyclic amines) is 1. The highest BCUT2D eigenvalue weighted by Crippen LogP contribution is 2.24. The van der Waals surface area contributed by atoms with E-state index in [9.17, 15) is 9.59 Å². The number of carbonyl (C=O) groups excluding carboxylic acids is 2. The van der Waals surface area contributed by atoms with E-state index >= 15 is 0 Å². The lowest BCUT2D eigenvalue weighted by Gasteiger charge is -2.27. The van der Waals surface area contributed by atoms with Crippen molar-refractivity contribution in [3.63, 3.8) is 0 Å². The van der Waals surface area contributed by atoms with Crippen LogP contribution in [0.25, 0.3) is 0 Å². The summed E-state index contributed by atoms with van der Waals surface area (Å²) < 4.78 is 0. The van der Waals surface area contributed by atoms with Gasteiger partial charge in [0.15, 0.2) is 0 Å². The molecule has 0 aromatic rings. The summed E-state index contributed by atoms with van der Waals surface area (Å²) in [5, 5.41) is 3.01. The first-order valence-corrected chi connectivity index (χ1v) is 7.48. The molecule has 5 heteroatoms. The number of hydrogen-bond donors (Lipinski definition) is 2. The Morgan fingerprint density at radius 3 is 2.68 bits per heavy atom. The second-order valence-corrected chi connectivity index (χ2v) is 5.69. The molecule has 1 heterocycles. The van der Waals surface area contributed by atoms with Crippen LogP contribution in [-0.4, -0.2) is 41.9 Å². The summed E-state index contributed by atoms with van der Waals surface area (Å²) >= 11 is 0. The normalized spacial score (nSPS) is 24.3. The smallest absolute Gasteiger partial charge is 0.243 e. The van der Waals surface area contributed by atoms with Gasteiger partial charge in [0.2, 0.25) is 11.8 Å². The van der Waals surface area contributed by atoms with E-state index in [1.807, 2.05) is 0 Å². The van der Waals surface area contributed by atoms with E-state index in [-0.39, 0.29) is 23.8 Å². The molecule has 2 unspecified atom stereocenters. The van der Waals surface area contributed by atoms with Gasteiger partial charge in [0.05, 0.1) is 5.92 Å². The van der Waals surface area contributed by atoms with E-state index in [0.717, 1.165) is 38.5 Å². The molecule has 19 heavy (non-hydrogen) atoms. The van der Waals surface area contributed by atoms with Gasteiger partial charge in [0.1, 0.15) is 6.04 Å². The lowest BCUT2D eigenvalue weighted by molar-refractivity contribution is -0.141. The number of hydrogen-bond acceptors (Lipinski definition) is 3. The van der Waals surface area contributed by atoms with Crippen molar-refractivity contribution in [2.24, 2.45) is 11.7 Å². The average Bonchev–Trinajstić information content (AvgIpc) is 3.08. The number of carbonyl (C=O) groups is 2. The van der Waals surface area contributed by atoms with Crippen molar-refractivity contribution < 1.29 is 9.59 Å². The fourth-order valence-corrected chi connectivity index (χ4v) is 2.75. The molecule has 1 aliphatic carbocycles. The Balaban J connectivity index is 1.96. The quantitative estimate of drug-likeness (QED) is 0.741. The molecule has 0 spiro atoms. The van der Waals surface area contributed by atoms with Gasteiger partial charge in [-0.2, -0.15) is 0 Å². The topological polar surface area (TPSA) is 75.4 Å². The molecule has 2 amide bonds. The van der Waals surface area contributed by atoms with Crippen molar-refractivity contribution in [2.45, 2.75) is 57.5 Å². The molecule has 108 valence electrons. The van der Waals surface area contributed by atoms with Crippen molar-refractivity contribution in [3.8, 4) is 0 Å². The van der Waals surface area contributed by atoms with Crippen LogP contribution in [-0.2, 0) is 9.59 Å². The molecular formula is C14H25N3O2. The van der Waals surface area contributed by atoms with E-state index in [1.165, 1.54) is 0 Å². The fraction of sp³-hybridized carbons (Fsp3) is 0.857. The van der Waals surface area contributed by atoms with E-state index in [0.29, 0.717) is 19.1 Å². The predicted molar refractivity (Wildman–Crippen MR) is 73.4 cm³/mol. The third-order valence-electron chi connectivity index (χ3n) is 4.03. The first-order chi connectivity index (χ1) is 9.17. The average molecular weight is 267 g/mol. The molecular weight excluding hydrogens is 242 g/mol. The number of rotatable bonds is 6. The van der Waals surface area contributed by atoms with Crippen LogP contribution in [0.4, 0.5) is 0 Å². The van der Waals surface area contributed by atoms with Gasteiger partial charge in [-0.15, -0.1) is 0 Å². The largest absolute Gasteiger partial charge is 0.352 e. The summed E-state index contributed by atoms with van der Waals surface area (Å²) in [6.45, 7) is 3.12. The van der Waals surface area contributed by atoms with Crippen LogP contribution in [0.15, 0.2) is 0 Å². The molecule has 0 bridgehead atoms. The van der Waals surface area contributed by atoms with Crippen LogP contribution in [0.2, 0.25) is 0 Å². The zero-order chi connectivity index (χ0) is 13.8. The van der Waals surface area contributed by atoms with Crippen LogP contribution in [0.1, 0.15) is 45.4 Å². The first kappa shape index (κ1) is 14.3. The number of nitrogens with zero attached hydrogens (tertiary/aromatic N) is 1. The molecule has 2 atom stereocenters. The van der Waals surface area contributed by atoms with Crippen LogP contribution < -0.4 is 11.1 Å². The number of nitrogens with two attached hydrogens (primary N) is 1. The zero-order valence-electron chi connectivity index (χ0n) is 11.7. The van der Waals surface area contributed by atoms with Crippen LogP contribution in [0.3, 0.4) is 0 Å². The van der Waals surface area contributed by atoms with Crippen molar-refractivity contribution in [1.82, 2.24) is 10.2 Å². The highest BCUT2D eigenvalue weighted by atomic mass is 16.2. The second-order valence-electron chi connectivity index (χ2n) is 5.69. The Kier molecular flexibility index (Phi) is 4.80. The summed E-state index contributed by atoms with van der Waals surface area (Å²) in [6.07, 6.45) is 5.61. The van der Waals surface area contributed by atoms with Gasteiger partial charge in [-0.25, -0.2) is 0 Å². The Morgan fingerprint density at radius 2 is 2.11 bits per heavy atom. The molecule has 2 rings (SSSR count). The van der Waals surface area contributed by atoms with E-state index in [2.05, 4.69) is 12.2 Å². The van der Waals surface area contributed by atoms with Gasteiger partial charge < -0.3 is 16.0 Å². The summed E-state index contributed by atoms with van der Waals surface area (Å²) in [6, 6.07) is 0.0880. The van der Waals surface area contributed by atoms with Gasteiger partial charge in [0.25, 0.3) is 0 Å². The highest BCUT2D eigenvalue weighted by molar-refractivity contribution is 5.89. The Labute approximate surface area is 114 Å². The lowest BCUT2D eigenvalue weighted by atomic mass is 10.0. The number of amides is 2. The van der Waals surface area contributed by atoms with Crippen molar-refractivity contribution in [3.05, 3.63) is 0 Å². The summed E-state index contributed by atoms with van der Waals surface area (Å²) in [5.41, 5.74) is 5.69. The Hall–Kier alpha value is -1.10. The maximum absolute atomic E-state index is 12.4. The van der Waals surface area contributed by atoms with Gasteiger partial charge in [0, 0.05) is 19.1 Å². The van der Waals surface area contributed by atoms with Crippen molar-refractivity contribution >= 4 is 11.8 Å². The summed E-state index contributed by atoms with van der Waals surface area (Å²) in [7, 11) is 0. The van der Waals surface area contributed by atoms with Crippen molar-refractivity contribution in [1.29, 1.82) is 0 Å². The van der Waals surface area contributed by atoms with E-state index in [1.54, 1.807) is 4.90 Å². The SMILES string of the molecule is CCCC(CN)C(=O)N1CCCC1C(=O)NC1CC1. The molecule has 3 N–H and O–H groups in total. The molecule has 1 saturated heterocycles. The Morgan fingerprint density at radius 1 is 1.37 bits per heavy atom. The molecule has 1 aliphatic heterocycles. The monoisotopic (exact) mass is 267 g/mol. The van der Waals surface area contributed by atoms with Crippen LogP contribution >= 0.6 is 0 Å². The Bertz CT molecular complexity index is 342.